The van der Waals surface area contributed by atoms with Gasteiger partial charge in [0.15, 0.2) is 0 Å². The fourth-order valence-corrected chi connectivity index (χ4v) is 0.992. The molecular weight excluding hydrogens is 172 g/mol. The molecule has 0 aliphatic rings. The molecule has 0 aliphatic heterocycles. The van der Waals surface area contributed by atoms with Crippen LogP contribution in [0.3, 0.4) is 0 Å². The van der Waals surface area contributed by atoms with Crippen LogP contribution < -0.4 is 11.5 Å². The SMILES string of the molecule is NC(=O)CCCC(N)CCC(=O)O. The van der Waals surface area contributed by atoms with Crippen LogP contribution in [0, 0.1) is 0 Å². The van der Waals surface area contributed by atoms with Crippen molar-refractivity contribution < 1.29 is 14.7 Å². The number of amides is 1. The Morgan fingerprint density at radius 1 is 1.23 bits per heavy atom. The number of primary amides is 1. The minimum absolute atomic E-state index is 0.0811. The highest BCUT2D eigenvalue weighted by molar-refractivity contribution is 5.73. The zero-order chi connectivity index (χ0) is 10.3. The molecule has 5 N–H and O–H groups in total. The second-order valence-corrected chi connectivity index (χ2v) is 3.05. The molecule has 76 valence electrons. The van der Waals surface area contributed by atoms with Crippen molar-refractivity contribution >= 4 is 11.9 Å². The van der Waals surface area contributed by atoms with Gasteiger partial charge in [-0.3, -0.25) is 9.59 Å². The highest BCUT2D eigenvalue weighted by atomic mass is 16.4. The number of aliphatic carboxylic acids is 1. The number of nitrogens with two attached hydrogens (primary N) is 2. The standard InChI is InChI=1S/C8H16N2O3/c9-6(4-5-8(12)13)2-1-3-7(10)11/h6H,1-5,9H2,(H2,10,11)(H,12,13). The molecule has 1 amide bonds. The van der Waals surface area contributed by atoms with Crippen molar-refractivity contribution in [2.24, 2.45) is 11.5 Å². The van der Waals surface area contributed by atoms with Gasteiger partial charge in [-0.25, -0.2) is 0 Å². The van der Waals surface area contributed by atoms with E-state index in [0.717, 1.165) is 0 Å². The van der Waals surface area contributed by atoms with Gasteiger partial charge in [0, 0.05) is 18.9 Å². The van der Waals surface area contributed by atoms with E-state index in [4.69, 9.17) is 16.6 Å². The highest BCUT2D eigenvalue weighted by Crippen LogP contribution is 2.04. The Kier molecular flexibility index (Phi) is 5.88. The molecule has 0 bridgehead atoms. The second-order valence-electron chi connectivity index (χ2n) is 3.05. The molecule has 0 radical (unpaired) electrons. The molecule has 0 saturated carbocycles. The van der Waals surface area contributed by atoms with Gasteiger partial charge < -0.3 is 16.6 Å². The fourth-order valence-electron chi connectivity index (χ4n) is 0.992. The summed E-state index contributed by atoms with van der Waals surface area (Å²) in [5, 5.41) is 8.35. The van der Waals surface area contributed by atoms with Crippen LogP contribution in [-0.4, -0.2) is 23.0 Å². The number of carbonyl (C=O) groups is 2. The van der Waals surface area contributed by atoms with Crippen molar-refractivity contribution in [3.63, 3.8) is 0 Å². The van der Waals surface area contributed by atoms with E-state index in [1.165, 1.54) is 0 Å². The molecule has 0 saturated heterocycles. The molecular formula is C8H16N2O3. The van der Waals surface area contributed by atoms with Crippen molar-refractivity contribution in [2.75, 3.05) is 0 Å². The van der Waals surface area contributed by atoms with E-state index in [9.17, 15) is 9.59 Å². The largest absolute Gasteiger partial charge is 0.481 e. The molecule has 0 heterocycles. The third-order valence-corrected chi connectivity index (χ3v) is 1.73. The lowest BCUT2D eigenvalue weighted by Crippen LogP contribution is -2.22. The van der Waals surface area contributed by atoms with Gasteiger partial charge in [-0.2, -0.15) is 0 Å². The first-order valence-electron chi connectivity index (χ1n) is 4.28. The van der Waals surface area contributed by atoms with Gasteiger partial charge in [0.2, 0.25) is 5.91 Å². The Balaban J connectivity index is 3.35. The maximum absolute atomic E-state index is 10.3. The Morgan fingerprint density at radius 3 is 2.31 bits per heavy atom. The number of hydrogen-bond acceptors (Lipinski definition) is 3. The zero-order valence-electron chi connectivity index (χ0n) is 7.53. The molecule has 0 aromatic heterocycles. The van der Waals surface area contributed by atoms with Gasteiger partial charge in [-0.15, -0.1) is 0 Å². The predicted molar refractivity (Wildman–Crippen MR) is 47.9 cm³/mol. The summed E-state index contributed by atoms with van der Waals surface area (Å²) in [5.74, 6) is -1.18. The third kappa shape index (κ3) is 8.81. The average Bonchev–Trinajstić information content (AvgIpc) is 2.00. The monoisotopic (exact) mass is 188 g/mol. The minimum atomic E-state index is -0.842. The molecule has 0 aliphatic carbocycles. The van der Waals surface area contributed by atoms with Gasteiger partial charge in [-0.05, 0) is 19.3 Å². The first-order chi connectivity index (χ1) is 6.02. The Morgan fingerprint density at radius 2 is 1.85 bits per heavy atom. The van der Waals surface area contributed by atoms with Gasteiger partial charge in [0.05, 0.1) is 0 Å². The maximum Gasteiger partial charge on any atom is 0.303 e. The highest BCUT2D eigenvalue weighted by Gasteiger charge is 2.06. The van der Waals surface area contributed by atoms with E-state index in [1.54, 1.807) is 0 Å². The summed E-state index contributed by atoms with van der Waals surface area (Å²) >= 11 is 0. The summed E-state index contributed by atoms with van der Waals surface area (Å²) in [6.45, 7) is 0. The van der Waals surface area contributed by atoms with Gasteiger partial charge in [0.1, 0.15) is 0 Å². The Hall–Kier alpha value is -1.10. The minimum Gasteiger partial charge on any atom is -0.481 e. The number of rotatable bonds is 7. The molecule has 0 aromatic carbocycles. The van der Waals surface area contributed by atoms with Crippen LogP contribution in [0.1, 0.15) is 32.1 Å². The third-order valence-electron chi connectivity index (χ3n) is 1.73. The molecule has 5 nitrogen and oxygen atoms in total. The lowest BCUT2D eigenvalue weighted by Gasteiger charge is -2.08. The first-order valence-corrected chi connectivity index (χ1v) is 4.28. The molecule has 0 spiro atoms. The van der Waals surface area contributed by atoms with E-state index in [1.807, 2.05) is 0 Å². The van der Waals surface area contributed by atoms with Gasteiger partial charge in [0.25, 0.3) is 0 Å². The van der Waals surface area contributed by atoms with Gasteiger partial charge in [-0.1, -0.05) is 0 Å². The topological polar surface area (TPSA) is 106 Å². The maximum atomic E-state index is 10.3. The van der Waals surface area contributed by atoms with Crippen LogP contribution in [0.2, 0.25) is 0 Å². The van der Waals surface area contributed by atoms with Crippen LogP contribution >= 0.6 is 0 Å². The lowest BCUT2D eigenvalue weighted by molar-refractivity contribution is -0.137. The van der Waals surface area contributed by atoms with Crippen molar-refractivity contribution in [1.82, 2.24) is 0 Å². The van der Waals surface area contributed by atoms with Crippen molar-refractivity contribution in [2.45, 2.75) is 38.1 Å². The smallest absolute Gasteiger partial charge is 0.303 e. The molecule has 0 fully saturated rings. The summed E-state index contributed by atoms with van der Waals surface area (Å²) in [7, 11) is 0. The molecule has 1 atom stereocenters. The Bertz CT molecular complexity index is 182. The summed E-state index contributed by atoms with van der Waals surface area (Å²) in [6.07, 6.45) is 2.14. The number of hydrogen-bond donors (Lipinski definition) is 3. The van der Waals surface area contributed by atoms with E-state index >= 15 is 0 Å². The predicted octanol–water partition coefficient (Wildman–Crippen LogP) is -0.166. The summed E-state index contributed by atoms with van der Waals surface area (Å²) in [4.78, 5) is 20.5. The quantitative estimate of drug-likeness (QED) is 0.515. The fraction of sp³-hybridized carbons (Fsp3) is 0.750. The average molecular weight is 188 g/mol. The second kappa shape index (κ2) is 6.42. The lowest BCUT2D eigenvalue weighted by atomic mass is 10.1. The van der Waals surface area contributed by atoms with Crippen molar-refractivity contribution in [1.29, 1.82) is 0 Å². The molecule has 1 unspecified atom stereocenters. The van der Waals surface area contributed by atoms with E-state index in [0.29, 0.717) is 25.7 Å². The molecule has 5 heteroatoms. The van der Waals surface area contributed by atoms with Gasteiger partial charge >= 0.3 is 5.97 Å². The van der Waals surface area contributed by atoms with Crippen LogP contribution in [0.4, 0.5) is 0 Å². The normalized spacial score (nSPS) is 12.4. The Labute approximate surface area is 77.1 Å². The van der Waals surface area contributed by atoms with Crippen molar-refractivity contribution in [3.05, 3.63) is 0 Å². The van der Waals surface area contributed by atoms with E-state index in [2.05, 4.69) is 0 Å². The first kappa shape index (κ1) is 11.9. The number of carboxylic acid groups (broad SMARTS) is 1. The number of carboxylic acids is 1. The van der Waals surface area contributed by atoms with Crippen molar-refractivity contribution in [3.8, 4) is 0 Å². The summed E-state index contributed by atoms with van der Waals surface area (Å²) < 4.78 is 0. The molecule has 0 rings (SSSR count). The number of carbonyl (C=O) groups excluding carboxylic acids is 1. The van der Waals surface area contributed by atoms with Crippen LogP contribution in [0.5, 0.6) is 0 Å². The molecule has 13 heavy (non-hydrogen) atoms. The van der Waals surface area contributed by atoms with E-state index in [-0.39, 0.29) is 18.4 Å². The summed E-state index contributed by atoms with van der Waals surface area (Å²) in [5.41, 5.74) is 10.5. The van der Waals surface area contributed by atoms with Crippen LogP contribution in [0.25, 0.3) is 0 Å². The zero-order valence-corrected chi connectivity index (χ0v) is 7.53. The van der Waals surface area contributed by atoms with E-state index < -0.39 is 5.97 Å². The van der Waals surface area contributed by atoms with Crippen LogP contribution in [-0.2, 0) is 9.59 Å². The molecule has 0 aromatic rings. The van der Waals surface area contributed by atoms with Crippen LogP contribution in [0.15, 0.2) is 0 Å². The summed E-state index contributed by atoms with van der Waals surface area (Å²) in [6, 6.07) is -0.143.